The van der Waals surface area contributed by atoms with Crippen molar-refractivity contribution in [2.24, 2.45) is 34.5 Å². The van der Waals surface area contributed by atoms with Crippen molar-refractivity contribution in [3.05, 3.63) is 12.7 Å². The molecule has 13 heteroatoms. The molecule has 13 nitrogen and oxygen atoms in total. The van der Waals surface area contributed by atoms with Crippen molar-refractivity contribution >= 4 is 35.6 Å². The molecule has 1 heterocycles. The molecule has 0 aromatic heterocycles. The lowest BCUT2D eigenvalue weighted by Crippen LogP contribution is -2.63. The van der Waals surface area contributed by atoms with Crippen LogP contribution in [-0.2, 0) is 23.9 Å². The zero-order valence-corrected chi connectivity index (χ0v) is 33.0. The molecule has 4 rings (SSSR count). The number of hydrogen-bond donors (Lipinski definition) is 5. The molecule has 0 aromatic carbocycles. The maximum Gasteiger partial charge on any atom is 0.407 e. The van der Waals surface area contributed by atoms with Gasteiger partial charge < -0.3 is 36.2 Å². The van der Waals surface area contributed by atoms with Gasteiger partial charge in [-0.05, 0) is 79.4 Å². The van der Waals surface area contributed by atoms with E-state index in [0.29, 0.717) is 37.8 Å². The quantitative estimate of drug-likeness (QED) is 0.101. The summed E-state index contributed by atoms with van der Waals surface area (Å²) in [5.74, 6) is -1.42. The molecule has 1 aliphatic heterocycles. The molecule has 1 saturated heterocycles. The molecule has 3 saturated carbocycles. The summed E-state index contributed by atoms with van der Waals surface area (Å²) < 4.78 is 5.50. The van der Waals surface area contributed by atoms with Gasteiger partial charge in [0.25, 0.3) is 5.91 Å². The third-order valence-corrected chi connectivity index (χ3v) is 11.9. The Hall–Kier alpha value is -3.64. The number of carbonyl (C=O) groups excluding carboxylic acids is 6. The number of carbonyl (C=O) groups is 6. The van der Waals surface area contributed by atoms with Gasteiger partial charge in [0, 0.05) is 19.6 Å². The van der Waals surface area contributed by atoms with Crippen LogP contribution in [0.4, 0.5) is 9.59 Å². The van der Waals surface area contributed by atoms with Crippen LogP contribution in [0.25, 0.3) is 0 Å². The molecule has 53 heavy (non-hydrogen) atoms. The Morgan fingerprint density at radius 3 is 2.15 bits per heavy atom. The number of urea groups is 1. The lowest BCUT2D eigenvalue weighted by molar-refractivity contribution is -0.145. The molecule has 1 unspecified atom stereocenters. The number of Topliss-reactive ketones (excluding diaryl/α,β-unsaturated/α-hetero) is 1. The van der Waals surface area contributed by atoms with E-state index in [-0.39, 0.29) is 30.9 Å². The van der Waals surface area contributed by atoms with Gasteiger partial charge in [-0.1, -0.05) is 79.7 Å². The van der Waals surface area contributed by atoms with Crippen molar-refractivity contribution in [3.8, 4) is 0 Å². The Bertz CT molecular complexity index is 1330. The summed E-state index contributed by atoms with van der Waals surface area (Å²) >= 11 is 0. The van der Waals surface area contributed by atoms with Crippen molar-refractivity contribution in [2.45, 2.75) is 143 Å². The van der Waals surface area contributed by atoms with Gasteiger partial charge in [-0.15, -0.1) is 6.58 Å². The van der Waals surface area contributed by atoms with Gasteiger partial charge >= 0.3 is 12.1 Å². The van der Waals surface area contributed by atoms with E-state index in [0.717, 1.165) is 64.2 Å². The van der Waals surface area contributed by atoms with Crippen LogP contribution in [0.5, 0.6) is 0 Å². The first-order chi connectivity index (χ1) is 25.0. The van der Waals surface area contributed by atoms with Crippen LogP contribution >= 0.6 is 0 Å². The number of hydrogen-bond acceptors (Lipinski definition) is 7. The van der Waals surface area contributed by atoms with Gasteiger partial charge in [0.1, 0.15) is 18.7 Å². The Morgan fingerprint density at radius 2 is 1.57 bits per heavy atom. The first-order valence-corrected chi connectivity index (χ1v) is 20.1. The number of alkyl carbamates (subject to hydrolysis) is 1. The second-order valence-corrected chi connectivity index (χ2v) is 17.7. The summed E-state index contributed by atoms with van der Waals surface area (Å²) in [6, 6.07) is -3.91. The van der Waals surface area contributed by atoms with Gasteiger partial charge in [0.15, 0.2) is 0 Å². The second kappa shape index (κ2) is 18.6. The average molecular weight is 743 g/mol. The number of amides is 6. The Labute approximate surface area is 316 Å². The molecule has 5 N–H and O–H groups in total. The van der Waals surface area contributed by atoms with Crippen LogP contribution in [0.1, 0.15) is 119 Å². The van der Waals surface area contributed by atoms with Crippen LogP contribution in [0.15, 0.2) is 12.7 Å². The minimum Gasteiger partial charge on any atom is -0.447 e. The van der Waals surface area contributed by atoms with Crippen LogP contribution in [0, 0.1) is 34.5 Å². The zero-order valence-electron chi connectivity index (χ0n) is 33.0. The van der Waals surface area contributed by atoms with E-state index < -0.39 is 64.7 Å². The fourth-order valence-corrected chi connectivity index (χ4v) is 7.79. The summed E-state index contributed by atoms with van der Waals surface area (Å²) in [7, 11) is 0. The molecule has 0 bridgehead atoms. The number of ether oxygens (including phenoxy) is 1. The van der Waals surface area contributed by atoms with Crippen LogP contribution in [0.3, 0.4) is 0 Å². The normalized spacial score (nSPS) is 22.9. The van der Waals surface area contributed by atoms with E-state index in [1.54, 1.807) is 4.90 Å². The summed E-state index contributed by atoms with van der Waals surface area (Å²) in [4.78, 5) is 83.0. The third-order valence-electron chi connectivity index (χ3n) is 11.9. The topological polar surface area (TPSA) is 175 Å². The molecular formula is C40H66N6O7. The lowest BCUT2D eigenvalue weighted by Gasteiger charge is -2.43. The maximum absolute atomic E-state index is 14.9. The maximum atomic E-state index is 14.9. The van der Waals surface area contributed by atoms with Crippen molar-refractivity contribution in [3.63, 3.8) is 0 Å². The molecule has 0 aromatic rings. The summed E-state index contributed by atoms with van der Waals surface area (Å²) in [5.41, 5.74) is -1.03. The molecule has 6 amide bonds. The monoisotopic (exact) mass is 742 g/mol. The molecular weight excluding hydrogens is 676 g/mol. The highest BCUT2D eigenvalue weighted by molar-refractivity contribution is 6.38. The van der Waals surface area contributed by atoms with Gasteiger partial charge in [0.2, 0.25) is 17.6 Å². The molecule has 0 spiro atoms. The molecule has 0 radical (unpaired) electrons. The van der Waals surface area contributed by atoms with E-state index in [9.17, 15) is 28.8 Å². The van der Waals surface area contributed by atoms with E-state index in [2.05, 4.69) is 33.2 Å². The van der Waals surface area contributed by atoms with Gasteiger partial charge in [-0.3, -0.25) is 19.2 Å². The number of nitrogens with zero attached hydrogens (tertiary/aromatic N) is 1. The van der Waals surface area contributed by atoms with Crippen molar-refractivity contribution in [2.75, 3.05) is 26.2 Å². The molecule has 5 atom stereocenters. The molecule has 4 aliphatic rings. The zero-order chi connectivity index (χ0) is 38.9. The number of nitrogens with one attached hydrogen (secondary N) is 5. The molecule has 4 fully saturated rings. The van der Waals surface area contributed by atoms with Crippen molar-refractivity contribution in [1.82, 2.24) is 31.5 Å². The van der Waals surface area contributed by atoms with Gasteiger partial charge in [0.05, 0.1) is 12.1 Å². The second-order valence-electron chi connectivity index (χ2n) is 17.7. The van der Waals surface area contributed by atoms with Crippen molar-refractivity contribution in [1.29, 1.82) is 0 Å². The van der Waals surface area contributed by atoms with Crippen LogP contribution < -0.4 is 26.6 Å². The minimum atomic E-state index is -1.01. The smallest absolute Gasteiger partial charge is 0.407 e. The SMILES string of the molecule is C=CCNC(=O)C(=O)C(CCC1CC1)NC(=O)[C@@H]1[C@@H](C(C)C)CCN1C(=O)[C@@H](NC(=O)N[C@H](COC(=O)NCC1CC1)C(C)(C)C)C1(C)CCCCC1. The van der Waals surface area contributed by atoms with E-state index in [1.165, 1.54) is 6.08 Å². The van der Waals surface area contributed by atoms with Crippen molar-refractivity contribution < 1.29 is 33.5 Å². The molecule has 298 valence electrons. The predicted molar refractivity (Wildman–Crippen MR) is 203 cm³/mol. The Balaban J connectivity index is 1.53. The van der Waals surface area contributed by atoms with Gasteiger partial charge in [-0.25, -0.2) is 9.59 Å². The lowest BCUT2D eigenvalue weighted by atomic mass is 9.70. The fraction of sp³-hybridized carbons (Fsp3) is 0.800. The first-order valence-electron chi connectivity index (χ1n) is 20.1. The summed E-state index contributed by atoms with van der Waals surface area (Å²) in [5, 5.41) is 14.3. The average Bonchev–Trinajstić information content (AvgIpc) is 4.05. The number of likely N-dealkylation sites (tertiary alicyclic amines) is 1. The minimum absolute atomic E-state index is 0.0417. The summed E-state index contributed by atoms with van der Waals surface area (Å²) in [6.45, 7) is 16.5. The fourth-order valence-electron chi connectivity index (χ4n) is 7.79. The number of rotatable bonds is 18. The number of ketones is 1. The van der Waals surface area contributed by atoms with E-state index in [1.807, 2.05) is 41.5 Å². The third kappa shape index (κ3) is 12.2. The Morgan fingerprint density at radius 1 is 0.906 bits per heavy atom. The van der Waals surface area contributed by atoms with E-state index >= 15 is 0 Å². The van der Waals surface area contributed by atoms with Gasteiger partial charge in [-0.2, -0.15) is 0 Å². The largest absolute Gasteiger partial charge is 0.447 e. The first kappa shape index (κ1) is 42.1. The highest BCUT2D eigenvalue weighted by Gasteiger charge is 2.50. The predicted octanol–water partition coefficient (Wildman–Crippen LogP) is 4.59. The Kier molecular flexibility index (Phi) is 14.8. The van der Waals surface area contributed by atoms with Crippen LogP contribution in [0.2, 0.25) is 0 Å². The van der Waals surface area contributed by atoms with Crippen LogP contribution in [-0.4, -0.2) is 90.9 Å². The highest BCUT2D eigenvalue weighted by Crippen LogP contribution is 2.41. The molecule has 3 aliphatic carbocycles. The summed E-state index contributed by atoms with van der Waals surface area (Å²) in [6.07, 6.45) is 11.3. The highest BCUT2D eigenvalue weighted by atomic mass is 16.5. The van der Waals surface area contributed by atoms with E-state index in [4.69, 9.17) is 4.74 Å². The standard InChI is InChI=1S/C40H66N6O7/c1-8-21-41-35(49)32(47)29(17-16-26-12-13-26)43-34(48)31-28(25(2)3)18-22-46(31)36(50)33(40(7)19-10-9-11-20-40)45-37(51)44-30(39(4,5)6)24-53-38(52)42-23-27-14-15-27/h8,25-31,33H,1,9-24H2,2-7H3,(H,41,49)(H,42,52)(H,43,48)(H2,44,45,51)/t28-,29?,30-,31+,33-/m1/s1.